The Kier molecular flexibility index (Phi) is 3.81. The van der Waals surface area contributed by atoms with Crippen LogP contribution >= 0.6 is 34.5 Å². The molecule has 7 heteroatoms. The van der Waals surface area contributed by atoms with Gasteiger partial charge in [-0.2, -0.15) is 0 Å². The number of carbonyl (C=O) groups is 1. The zero-order valence-corrected chi connectivity index (χ0v) is 10.8. The molecular weight excluding hydrogens is 259 g/mol. The molecule has 84 valence electrons. The zero-order valence-electron chi connectivity index (χ0n) is 8.43. The molecule has 0 aliphatic heterocycles. The molecule has 0 radical (unpaired) electrons. The molecular formula is C8H10Cl2N2O2S. The van der Waals surface area contributed by atoms with Crippen LogP contribution in [0.5, 0.6) is 0 Å². The Hall–Kier alpha value is -0.520. The van der Waals surface area contributed by atoms with Gasteiger partial charge in [0.1, 0.15) is 9.94 Å². The van der Waals surface area contributed by atoms with E-state index in [1.54, 1.807) is 20.8 Å². The molecule has 4 nitrogen and oxygen atoms in total. The molecule has 0 fully saturated rings. The van der Waals surface area contributed by atoms with Crippen molar-refractivity contribution in [2.24, 2.45) is 0 Å². The highest BCUT2D eigenvalue weighted by Gasteiger charge is 2.18. The van der Waals surface area contributed by atoms with Crippen molar-refractivity contribution in [3.63, 3.8) is 0 Å². The molecule has 1 heterocycles. The lowest BCUT2D eigenvalue weighted by atomic mass is 10.2. The highest BCUT2D eigenvalue weighted by Crippen LogP contribution is 2.31. The Balaban J connectivity index is 2.63. The topological polar surface area (TPSA) is 51.2 Å². The van der Waals surface area contributed by atoms with Crippen molar-refractivity contribution in [1.29, 1.82) is 0 Å². The summed E-state index contributed by atoms with van der Waals surface area (Å²) in [5, 5.41) is 2.41. The number of hydrogen-bond acceptors (Lipinski definition) is 4. The number of nitrogens with one attached hydrogen (secondary N) is 1. The number of carbonyl (C=O) groups excluding carboxylic acids is 1. The number of aromatic nitrogens is 1. The van der Waals surface area contributed by atoms with Crippen molar-refractivity contribution >= 4 is 46.4 Å². The third kappa shape index (κ3) is 4.24. The fourth-order valence-electron chi connectivity index (χ4n) is 0.754. The molecule has 0 saturated heterocycles. The van der Waals surface area contributed by atoms with Gasteiger partial charge in [0.25, 0.3) is 0 Å². The first-order chi connectivity index (χ1) is 6.78. The van der Waals surface area contributed by atoms with Gasteiger partial charge < -0.3 is 4.74 Å². The van der Waals surface area contributed by atoms with E-state index >= 15 is 0 Å². The number of amides is 1. The summed E-state index contributed by atoms with van der Waals surface area (Å²) in [6.45, 7) is 5.30. The first kappa shape index (κ1) is 12.5. The molecule has 1 aromatic heterocycles. The van der Waals surface area contributed by atoms with E-state index < -0.39 is 11.7 Å². The molecule has 0 saturated carbocycles. The van der Waals surface area contributed by atoms with Gasteiger partial charge in [-0.25, -0.2) is 9.78 Å². The van der Waals surface area contributed by atoms with Gasteiger partial charge in [0.05, 0.1) is 0 Å². The highest BCUT2D eigenvalue weighted by molar-refractivity contribution is 7.20. The van der Waals surface area contributed by atoms with Crippen LogP contribution < -0.4 is 5.32 Å². The van der Waals surface area contributed by atoms with E-state index in [0.29, 0.717) is 4.34 Å². The van der Waals surface area contributed by atoms with E-state index in [2.05, 4.69) is 10.3 Å². The summed E-state index contributed by atoms with van der Waals surface area (Å²) in [6, 6.07) is 0. The van der Waals surface area contributed by atoms with Crippen LogP contribution in [0, 0.1) is 0 Å². The van der Waals surface area contributed by atoms with Gasteiger partial charge in [-0.15, -0.1) is 0 Å². The molecule has 1 N–H and O–H groups in total. The molecule has 0 bridgehead atoms. The fraction of sp³-hybridized carbons (Fsp3) is 0.500. The van der Waals surface area contributed by atoms with Gasteiger partial charge in [-0.05, 0) is 20.8 Å². The summed E-state index contributed by atoms with van der Waals surface area (Å²) < 4.78 is 5.61. The maximum atomic E-state index is 11.3. The Bertz CT molecular complexity index is 373. The van der Waals surface area contributed by atoms with Crippen LogP contribution in [0.25, 0.3) is 0 Å². The summed E-state index contributed by atoms with van der Waals surface area (Å²) in [5.74, 6) is 0.223. The van der Waals surface area contributed by atoms with E-state index in [9.17, 15) is 4.79 Å². The van der Waals surface area contributed by atoms with Crippen LogP contribution in [0.1, 0.15) is 20.8 Å². The molecule has 15 heavy (non-hydrogen) atoms. The van der Waals surface area contributed by atoms with Crippen molar-refractivity contribution in [2.75, 3.05) is 5.32 Å². The Morgan fingerprint density at radius 2 is 2.07 bits per heavy atom. The summed E-state index contributed by atoms with van der Waals surface area (Å²) in [5.41, 5.74) is -0.559. The fourth-order valence-corrected chi connectivity index (χ4v) is 1.98. The predicted molar refractivity (Wildman–Crippen MR) is 62.0 cm³/mol. The van der Waals surface area contributed by atoms with Crippen LogP contribution in [-0.4, -0.2) is 16.7 Å². The Morgan fingerprint density at radius 1 is 1.47 bits per heavy atom. The number of rotatable bonds is 1. The maximum Gasteiger partial charge on any atom is 0.413 e. The number of nitrogens with zero attached hydrogens (tertiary/aromatic N) is 1. The number of ether oxygens (including phenoxy) is 1. The van der Waals surface area contributed by atoms with Gasteiger partial charge in [0.2, 0.25) is 0 Å². The molecule has 1 aromatic rings. The normalized spacial score (nSPS) is 11.3. The second kappa shape index (κ2) is 4.55. The first-order valence-electron chi connectivity index (χ1n) is 4.10. The van der Waals surface area contributed by atoms with E-state index in [1.807, 2.05) is 0 Å². The molecule has 0 aliphatic carbocycles. The second-order valence-corrected chi connectivity index (χ2v) is 5.90. The smallest absolute Gasteiger partial charge is 0.413 e. The quantitative estimate of drug-likeness (QED) is 0.843. The molecule has 0 aromatic carbocycles. The first-order valence-corrected chi connectivity index (χ1v) is 5.67. The lowest BCUT2D eigenvalue weighted by molar-refractivity contribution is 0.0635. The summed E-state index contributed by atoms with van der Waals surface area (Å²) in [6.07, 6.45) is -0.605. The average molecular weight is 269 g/mol. The molecule has 0 spiro atoms. The molecule has 1 amide bonds. The van der Waals surface area contributed by atoms with Crippen LogP contribution in [0.2, 0.25) is 8.80 Å². The largest absolute Gasteiger partial charge is 0.444 e. The summed E-state index contributed by atoms with van der Waals surface area (Å²) in [4.78, 5) is 15.1. The minimum Gasteiger partial charge on any atom is -0.444 e. The third-order valence-corrected chi connectivity index (χ3v) is 2.54. The monoisotopic (exact) mass is 268 g/mol. The zero-order chi connectivity index (χ0) is 11.6. The molecule has 1 rings (SSSR count). The summed E-state index contributed by atoms with van der Waals surface area (Å²) in [7, 11) is 0. The highest BCUT2D eigenvalue weighted by atomic mass is 35.5. The van der Waals surface area contributed by atoms with Gasteiger partial charge in [-0.3, -0.25) is 5.32 Å². The Labute approximate surface area is 102 Å². The molecule has 0 unspecified atom stereocenters. The second-order valence-electron chi connectivity index (χ2n) is 3.72. The summed E-state index contributed by atoms with van der Waals surface area (Å²) >= 11 is 12.5. The van der Waals surface area contributed by atoms with Crippen LogP contribution in [0.15, 0.2) is 0 Å². The van der Waals surface area contributed by atoms with Crippen LogP contribution in [-0.2, 0) is 4.74 Å². The number of thiazole rings is 1. The Morgan fingerprint density at radius 3 is 2.47 bits per heavy atom. The van der Waals surface area contributed by atoms with Crippen molar-refractivity contribution in [2.45, 2.75) is 26.4 Å². The van der Waals surface area contributed by atoms with Gasteiger partial charge in [0, 0.05) is 0 Å². The number of hydrogen-bond donors (Lipinski definition) is 1. The maximum absolute atomic E-state index is 11.3. The minimum absolute atomic E-state index is 0.223. The van der Waals surface area contributed by atoms with Crippen LogP contribution in [0.4, 0.5) is 10.6 Å². The van der Waals surface area contributed by atoms with Crippen LogP contribution in [0.3, 0.4) is 0 Å². The van der Waals surface area contributed by atoms with Crippen molar-refractivity contribution in [3.05, 3.63) is 8.80 Å². The average Bonchev–Trinajstić information content (AvgIpc) is 2.25. The number of halogens is 2. The van der Waals surface area contributed by atoms with Crippen molar-refractivity contribution in [3.8, 4) is 0 Å². The predicted octanol–water partition coefficient (Wildman–Crippen LogP) is 3.80. The third-order valence-electron chi connectivity index (χ3n) is 1.18. The van der Waals surface area contributed by atoms with E-state index in [1.165, 1.54) is 0 Å². The van der Waals surface area contributed by atoms with Gasteiger partial charge >= 0.3 is 6.09 Å². The van der Waals surface area contributed by atoms with Gasteiger partial charge in [0.15, 0.2) is 10.3 Å². The SMILES string of the molecule is CC(C)(C)OC(=O)Nc1nc(Cl)sc1Cl. The molecule has 0 aliphatic rings. The number of anilines is 1. The minimum atomic E-state index is -0.605. The molecule has 0 atom stereocenters. The van der Waals surface area contributed by atoms with Crippen molar-refractivity contribution < 1.29 is 9.53 Å². The lowest BCUT2D eigenvalue weighted by Crippen LogP contribution is -2.27. The standard InChI is InChI=1S/C8H10Cl2N2O2S/c1-8(2,3)14-7(13)12-5-4(9)15-6(10)11-5/h1-3H3,(H,12,13). The van der Waals surface area contributed by atoms with E-state index in [-0.39, 0.29) is 10.3 Å². The lowest BCUT2D eigenvalue weighted by Gasteiger charge is -2.19. The van der Waals surface area contributed by atoms with E-state index in [0.717, 1.165) is 11.3 Å². The van der Waals surface area contributed by atoms with Crippen molar-refractivity contribution in [1.82, 2.24) is 4.98 Å². The van der Waals surface area contributed by atoms with E-state index in [4.69, 9.17) is 27.9 Å². The van der Waals surface area contributed by atoms with Gasteiger partial charge in [-0.1, -0.05) is 34.5 Å².